The van der Waals surface area contributed by atoms with Crippen molar-refractivity contribution in [3.63, 3.8) is 0 Å². The number of nitriles is 1. The van der Waals surface area contributed by atoms with Crippen LogP contribution in [0.1, 0.15) is 18.9 Å². The Hall–Kier alpha value is -3.26. The van der Waals surface area contributed by atoms with Gasteiger partial charge in [0.2, 0.25) is 0 Å². The number of esters is 1. The highest BCUT2D eigenvalue weighted by Crippen LogP contribution is 2.32. The first kappa shape index (κ1) is 19.1. The van der Waals surface area contributed by atoms with Crippen molar-refractivity contribution < 1.29 is 14.3 Å². The van der Waals surface area contributed by atoms with E-state index in [1.54, 1.807) is 20.1 Å². The van der Waals surface area contributed by atoms with Crippen LogP contribution in [0, 0.1) is 11.3 Å². The lowest BCUT2D eigenvalue weighted by Crippen LogP contribution is -2.33. The Morgan fingerprint density at radius 2 is 2.00 bits per heavy atom. The molecule has 1 unspecified atom stereocenters. The minimum absolute atomic E-state index is 0.282. The average Bonchev–Trinajstić information content (AvgIpc) is 2.68. The molecule has 2 rings (SSSR count). The quantitative estimate of drug-likeness (QED) is 0.575. The van der Waals surface area contributed by atoms with Gasteiger partial charge in [0.1, 0.15) is 5.75 Å². The number of para-hydroxylation sites is 1. The van der Waals surface area contributed by atoms with Crippen LogP contribution in [-0.4, -0.2) is 19.7 Å². The van der Waals surface area contributed by atoms with Gasteiger partial charge >= 0.3 is 5.97 Å². The van der Waals surface area contributed by atoms with Gasteiger partial charge < -0.3 is 14.8 Å². The number of benzene rings is 2. The summed E-state index contributed by atoms with van der Waals surface area (Å²) in [6, 6.07) is 19.2. The number of anilines is 1. The number of rotatable bonds is 8. The van der Waals surface area contributed by atoms with Crippen LogP contribution in [0.2, 0.25) is 0 Å². The number of hydrogen-bond donors (Lipinski definition) is 1. The molecule has 0 aliphatic carbocycles. The summed E-state index contributed by atoms with van der Waals surface area (Å²) >= 11 is 0. The van der Waals surface area contributed by atoms with Crippen molar-refractivity contribution in [2.24, 2.45) is 0 Å². The molecule has 1 N–H and O–H groups in total. The fourth-order valence-corrected chi connectivity index (χ4v) is 2.56. The van der Waals surface area contributed by atoms with Crippen LogP contribution in [-0.2, 0) is 15.1 Å². The first-order valence-electron chi connectivity index (χ1n) is 8.36. The lowest BCUT2D eigenvalue weighted by molar-refractivity contribution is -0.137. The minimum atomic E-state index is -1.06. The summed E-state index contributed by atoms with van der Waals surface area (Å²) in [7, 11) is 1.58. The first-order valence-corrected chi connectivity index (χ1v) is 8.36. The van der Waals surface area contributed by atoms with Gasteiger partial charge in [0, 0.05) is 18.2 Å². The molecule has 0 aliphatic heterocycles. The molecule has 1 atom stereocenters. The molecule has 0 fully saturated rings. The predicted octanol–water partition coefficient (Wildman–Crippen LogP) is 4.04. The zero-order valence-electron chi connectivity index (χ0n) is 14.9. The first-order chi connectivity index (χ1) is 12.6. The third-order valence-corrected chi connectivity index (χ3v) is 3.85. The molecule has 0 aromatic heterocycles. The zero-order valence-corrected chi connectivity index (χ0v) is 14.9. The van der Waals surface area contributed by atoms with Crippen molar-refractivity contribution in [2.45, 2.75) is 18.9 Å². The fraction of sp³-hybridized carbons (Fsp3) is 0.238. The van der Waals surface area contributed by atoms with Crippen molar-refractivity contribution in [1.82, 2.24) is 0 Å². The van der Waals surface area contributed by atoms with Gasteiger partial charge in [-0.05, 0) is 36.8 Å². The van der Waals surface area contributed by atoms with E-state index in [4.69, 9.17) is 9.47 Å². The number of ether oxygens (including phenoxy) is 2. The van der Waals surface area contributed by atoms with Crippen LogP contribution >= 0.6 is 0 Å². The third kappa shape index (κ3) is 4.87. The molecule has 0 saturated heterocycles. The second-order valence-corrected chi connectivity index (χ2v) is 5.60. The normalized spacial score (nSPS) is 12.8. The molecule has 0 saturated carbocycles. The maximum atomic E-state index is 11.6. The monoisotopic (exact) mass is 350 g/mol. The van der Waals surface area contributed by atoms with Gasteiger partial charge in [-0.2, -0.15) is 5.26 Å². The second-order valence-electron chi connectivity index (χ2n) is 5.60. The van der Waals surface area contributed by atoms with Gasteiger partial charge in [0.05, 0.1) is 19.8 Å². The second kappa shape index (κ2) is 9.28. The van der Waals surface area contributed by atoms with Crippen LogP contribution < -0.4 is 10.1 Å². The number of nitrogens with one attached hydrogen (secondary N) is 1. The van der Waals surface area contributed by atoms with E-state index < -0.39 is 11.5 Å². The van der Waals surface area contributed by atoms with Gasteiger partial charge in [0.25, 0.3) is 0 Å². The van der Waals surface area contributed by atoms with Gasteiger partial charge in [-0.25, -0.2) is 4.79 Å². The van der Waals surface area contributed by atoms with E-state index in [2.05, 4.69) is 11.4 Å². The van der Waals surface area contributed by atoms with Crippen molar-refractivity contribution in [3.8, 4) is 11.8 Å². The fourth-order valence-electron chi connectivity index (χ4n) is 2.56. The molecule has 0 aliphatic rings. The molecule has 2 aromatic carbocycles. The van der Waals surface area contributed by atoms with Crippen molar-refractivity contribution in [2.75, 3.05) is 19.0 Å². The lowest BCUT2D eigenvalue weighted by Gasteiger charge is -2.29. The smallest absolute Gasteiger partial charge is 0.330 e. The molecule has 134 valence electrons. The lowest BCUT2D eigenvalue weighted by atomic mass is 9.87. The number of carbonyl (C=O) groups is 1. The van der Waals surface area contributed by atoms with Crippen LogP contribution in [0.15, 0.2) is 66.7 Å². The van der Waals surface area contributed by atoms with E-state index in [-0.39, 0.29) is 6.42 Å². The molecule has 0 bridgehead atoms. The number of hydrogen-bond acceptors (Lipinski definition) is 5. The van der Waals surface area contributed by atoms with E-state index in [0.29, 0.717) is 12.4 Å². The molecule has 0 radical (unpaired) electrons. The Labute approximate surface area is 153 Å². The maximum absolute atomic E-state index is 11.6. The van der Waals surface area contributed by atoms with E-state index in [1.807, 2.05) is 54.6 Å². The molecule has 5 heteroatoms. The number of carbonyl (C=O) groups excluding carboxylic acids is 1. The summed E-state index contributed by atoms with van der Waals surface area (Å²) in [4.78, 5) is 11.6. The van der Waals surface area contributed by atoms with Crippen LogP contribution in [0.3, 0.4) is 0 Å². The van der Waals surface area contributed by atoms with Gasteiger partial charge in [-0.15, -0.1) is 0 Å². The van der Waals surface area contributed by atoms with E-state index in [0.717, 1.165) is 11.3 Å². The van der Waals surface area contributed by atoms with Crippen molar-refractivity contribution >= 4 is 11.7 Å². The molecule has 0 amide bonds. The molecule has 0 spiro atoms. The van der Waals surface area contributed by atoms with Crippen LogP contribution in [0.25, 0.3) is 0 Å². The Bertz CT molecular complexity index is 796. The van der Waals surface area contributed by atoms with E-state index in [1.165, 1.54) is 6.08 Å². The summed E-state index contributed by atoms with van der Waals surface area (Å²) in [5.74, 6) is 0.232. The summed E-state index contributed by atoms with van der Waals surface area (Å²) in [5.41, 5.74) is 0.497. The largest absolute Gasteiger partial charge is 0.497 e. The minimum Gasteiger partial charge on any atom is -0.497 e. The predicted molar refractivity (Wildman–Crippen MR) is 101 cm³/mol. The van der Waals surface area contributed by atoms with Crippen molar-refractivity contribution in [3.05, 3.63) is 72.3 Å². The van der Waals surface area contributed by atoms with Crippen LogP contribution in [0.4, 0.5) is 5.69 Å². The highest BCUT2D eigenvalue weighted by molar-refractivity contribution is 5.81. The topological polar surface area (TPSA) is 71.4 Å². The standard InChI is InChI=1S/C21H22N2O3/c1-3-26-20(24)13-8-14-21(16-22,23-18-10-5-4-6-11-18)17-9-7-12-19(15-17)25-2/h4-13,15,23H,3,14H2,1-2H3/b13-8+. The maximum Gasteiger partial charge on any atom is 0.330 e. The molecular weight excluding hydrogens is 328 g/mol. The van der Waals surface area contributed by atoms with E-state index in [9.17, 15) is 10.1 Å². The highest BCUT2D eigenvalue weighted by atomic mass is 16.5. The highest BCUT2D eigenvalue weighted by Gasteiger charge is 2.31. The Kier molecular flexibility index (Phi) is 6.81. The summed E-state index contributed by atoms with van der Waals surface area (Å²) in [6.07, 6.45) is 3.28. The van der Waals surface area contributed by atoms with E-state index >= 15 is 0 Å². The van der Waals surface area contributed by atoms with Crippen molar-refractivity contribution in [1.29, 1.82) is 5.26 Å². The summed E-state index contributed by atoms with van der Waals surface area (Å²) in [6.45, 7) is 2.06. The van der Waals surface area contributed by atoms with Gasteiger partial charge in [0.15, 0.2) is 5.54 Å². The number of methoxy groups -OCH3 is 1. The summed E-state index contributed by atoms with van der Waals surface area (Å²) < 4.78 is 10.2. The molecular formula is C21H22N2O3. The van der Waals surface area contributed by atoms with Gasteiger partial charge in [-0.1, -0.05) is 36.4 Å². The van der Waals surface area contributed by atoms with Gasteiger partial charge in [-0.3, -0.25) is 0 Å². The Morgan fingerprint density at radius 1 is 1.23 bits per heavy atom. The molecule has 2 aromatic rings. The Morgan fingerprint density at radius 3 is 2.65 bits per heavy atom. The molecule has 0 heterocycles. The molecule has 5 nitrogen and oxygen atoms in total. The average molecular weight is 350 g/mol. The zero-order chi connectivity index (χ0) is 18.8. The SMILES string of the molecule is CCOC(=O)/C=C/CC(C#N)(Nc1ccccc1)c1cccc(OC)c1. The summed E-state index contributed by atoms with van der Waals surface area (Å²) in [5, 5.41) is 13.3. The molecule has 26 heavy (non-hydrogen) atoms. The Balaban J connectivity index is 2.38. The number of nitrogens with zero attached hydrogens (tertiary/aromatic N) is 1. The van der Waals surface area contributed by atoms with Crippen LogP contribution in [0.5, 0.6) is 5.75 Å². The third-order valence-electron chi connectivity index (χ3n) is 3.85.